The highest BCUT2D eigenvalue weighted by atomic mass is 16.1. The van der Waals surface area contributed by atoms with Crippen LogP contribution in [0.15, 0.2) is 0 Å². The van der Waals surface area contributed by atoms with Crippen molar-refractivity contribution in [3.63, 3.8) is 0 Å². The van der Waals surface area contributed by atoms with Crippen LogP contribution in [0.5, 0.6) is 0 Å². The van der Waals surface area contributed by atoms with Crippen LogP contribution in [0.2, 0.25) is 0 Å². The molecule has 1 amide bonds. The number of amides is 1. The molecule has 4 heteroatoms. The van der Waals surface area contributed by atoms with Crippen LogP contribution >= 0.6 is 0 Å². The first-order valence-corrected chi connectivity index (χ1v) is 4.09. The number of nitrogens with zero attached hydrogens (tertiary/aromatic N) is 2. The summed E-state index contributed by atoms with van der Waals surface area (Å²) in [6.07, 6.45) is 1.30. The lowest BCUT2D eigenvalue weighted by molar-refractivity contribution is -0.129. The molecule has 66 valence electrons. The average molecular weight is 167 g/mol. The third kappa shape index (κ3) is 1.56. The quantitative estimate of drug-likeness (QED) is 0.635. The van der Waals surface area contributed by atoms with Crippen LogP contribution in [-0.2, 0) is 4.79 Å². The molecule has 2 unspecified atom stereocenters. The Kier molecular flexibility index (Phi) is 2.66. The van der Waals surface area contributed by atoms with Crippen molar-refractivity contribution >= 4 is 5.91 Å². The van der Waals surface area contributed by atoms with Gasteiger partial charge in [-0.05, 0) is 13.3 Å². The van der Waals surface area contributed by atoms with Crippen LogP contribution in [0.4, 0.5) is 0 Å². The topological polar surface area (TPSA) is 70.1 Å². The number of carbonyl (C=O) groups excluding carboxylic acids is 1. The molecule has 1 aliphatic rings. The Bertz CT molecular complexity index is 221. The van der Waals surface area contributed by atoms with E-state index in [1.54, 1.807) is 0 Å². The molecule has 0 saturated carbocycles. The minimum Gasteiger partial charge on any atom is -0.368 e. The number of hydrogen-bond acceptors (Lipinski definition) is 3. The maximum atomic E-state index is 10.8. The fourth-order valence-corrected chi connectivity index (χ4v) is 1.49. The van der Waals surface area contributed by atoms with E-state index in [2.05, 4.69) is 6.07 Å². The van der Waals surface area contributed by atoms with Crippen LogP contribution < -0.4 is 5.73 Å². The standard InChI is InChI=1S/C8H13N3O/c1-6(2-4-9)11-5-3-7(11)8(10)12/h6-7H,2-3,5H2,1H3,(H2,10,12). The van der Waals surface area contributed by atoms with Gasteiger partial charge in [0.15, 0.2) is 0 Å². The van der Waals surface area contributed by atoms with E-state index in [0.29, 0.717) is 6.42 Å². The van der Waals surface area contributed by atoms with Crippen molar-refractivity contribution in [3.05, 3.63) is 0 Å². The van der Waals surface area contributed by atoms with Crippen molar-refractivity contribution in [2.75, 3.05) is 6.54 Å². The lowest BCUT2D eigenvalue weighted by Gasteiger charge is -2.42. The van der Waals surface area contributed by atoms with E-state index in [-0.39, 0.29) is 18.0 Å². The minimum absolute atomic E-state index is 0.131. The van der Waals surface area contributed by atoms with Crippen molar-refractivity contribution in [2.24, 2.45) is 5.73 Å². The zero-order valence-electron chi connectivity index (χ0n) is 7.16. The van der Waals surface area contributed by atoms with E-state index >= 15 is 0 Å². The normalized spacial score (nSPS) is 25.5. The monoisotopic (exact) mass is 167 g/mol. The van der Waals surface area contributed by atoms with Crippen molar-refractivity contribution in [2.45, 2.75) is 31.8 Å². The highest BCUT2D eigenvalue weighted by molar-refractivity contribution is 5.80. The van der Waals surface area contributed by atoms with E-state index in [4.69, 9.17) is 11.0 Å². The fourth-order valence-electron chi connectivity index (χ4n) is 1.49. The molecule has 12 heavy (non-hydrogen) atoms. The second kappa shape index (κ2) is 3.55. The van der Waals surface area contributed by atoms with Gasteiger partial charge in [0.2, 0.25) is 5.91 Å². The number of nitriles is 1. The highest BCUT2D eigenvalue weighted by Crippen LogP contribution is 2.21. The van der Waals surface area contributed by atoms with Gasteiger partial charge in [-0.1, -0.05) is 0 Å². The summed E-state index contributed by atoms with van der Waals surface area (Å²) < 4.78 is 0. The van der Waals surface area contributed by atoms with Gasteiger partial charge in [0, 0.05) is 12.6 Å². The first kappa shape index (κ1) is 9.01. The predicted octanol–water partition coefficient (Wildman–Crippen LogP) is -0.152. The number of rotatable bonds is 3. The molecule has 0 aromatic rings. The summed E-state index contributed by atoms with van der Waals surface area (Å²) in [4.78, 5) is 12.8. The molecule has 4 nitrogen and oxygen atoms in total. The molecule has 1 heterocycles. The molecule has 1 saturated heterocycles. The lowest BCUT2D eigenvalue weighted by atomic mass is 9.99. The largest absolute Gasteiger partial charge is 0.368 e. The first-order chi connectivity index (χ1) is 5.66. The third-order valence-electron chi connectivity index (χ3n) is 2.34. The molecule has 0 radical (unpaired) electrons. The van der Waals surface area contributed by atoms with Crippen LogP contribution in [0.3, 0.4) is 0 Å². The number of likely N-dealkylation sites (tertiary alicyclic amines) is 1. The molecule has 0 aromatic carbocycles. The van der Waals surface area contributed by atoms with Crippen LogP contribution in [0.25, 0.3) is 0 Å². The van der Waals surface area contributed by atoms with Gasteiger partial charge >= 0.3 is 0 Å². The van der Waals surface area contributed by atoms with Gasteiger partial charge in [-0.25, -0.2) is 0 Å². The number of carbonyl (C=O) groups is 1. The molecular weight excluding hydrogens is 154 g/mol. The second-order valence-electron chi connectivity index (χ2n) is 3.16. The van der Waals surface area contributed by atoms with E-state index in [0.717, 1.165) is 13.0 Å². The van der Waals surface area contributed by atoms with Crippen molar-refractivity contribution < 1.29 is 4.79 Å². The van der Waals surface area contributed by atoms with Crippen molar-refractivity contribution in [1.29, 1.82) is 5.26 Å². The van der Waals surface area contributed by atoms with Crippen molar-refractivity contribution in [1.82, 2.24) is 4.90 Å². The lowest BCUT2D eigenvalue weighted by Crippen LogP contribution is -2.58. The zero-order valence-corrected chi connectivity index (χ0v) is 7.16. The predicted molar refractivity (Wildman–Crippen MR) is 44.0 cm³/mol. The Hall–Kier alpha value is -1.08. The number of hydrogen-bond donors (Lipinski definition) is 1. The second-order valence-corrected chi connectivity index (χ2v) is 3.16. The molecule has 1 rings (SSSR count). The van der Waals surface area contributed by atoms with Gasteiger partial charge in [0.1, 0.15) is 0 Å². The molecule has 0 spiro atoms. The summed E-state index contributed by atoms with van der Waals surface area (Å²) in [6.45, 7) is 2.83. The SMILES string of the molecule is CC(CC#N)N1CCC1C(N)=O. The number of primary amides is 1. The Balaban J connectivity index is 2.44. The highest BCUT2D eigenvalue weighted by Gasteiger charge is 2.35. The van der Waals surface area contributed by atoms with Crippen LogP contribution in [-0.4, -0.2) is 29.4 Å². The third-order valence-corrected chi connectivity index (χ3v) is 2.34. The van der Waals surface area contributed by atoms with Crippen molar-refractivity contribution in [3.8, 4) is 6.07 Å². The summed E-state index contributed by atoms with van der Waals surface area (Å²) in [6, 6.07) is 2.11. The average Bonchev–Trinajstić information content (AvgIpc) is 1.82. The molecule has 0 bridgehead atoms. The Morgan fingerprint density at radius 2 is 2.58 bits per heavy atom. The van der Waals surface area contributed by atoms with Crippen LogP contribution in [0.1, 0.15) is 19.8 Å². The molecule has 2 atom stereocenters. The summed E-state index contributed by atoms with van der Waals surface area (Å²) >= 11 is 0. The molecule has 1 fully saturated rings. The van der Waals surface area contributed by atoms with E-state index in [9.17, 15) is 4.79 Å². The summed E-state index contributed by atoms with van der Waals surface area (Å²) in [5, 5.41) is 8.44. The summed E-state index contributed by atoms with van der Waals surface area (Å²) in [5.41, 5.74) is 5.16. The Labute approximate surface area is 71.9 Å². The van der Waals surface area contributed by atoms with Gasteiger partial charge < -0.3 is 5.73 Å². The van der Waals surface area contributed by atoms with E-state index in [1.807, 2.05) is 11.8 Å². The maximum absolute atomic E-state index is 10.8. The van der Waals surface area contributed by atoms with Gasteiger partial charge in [-0.15, -0.1) is 0 Å². The minimum atomic E-state index is -0.272. The molecule has 0 aromatic heterocycles. The maximum Gasteiger partial charge on any atom is 0.234 e. The Morgan fingerprint density at radius 3 is 2.92 bits per heavy atom. The van der Waals surface area contributed by atoms with Crippen LogP contribution in [0, 0.1) is 11.3 Å². The molecule has 2 N–H and O–H groups in total. The first-order valence-electron chi connectivity index (χ1n) is 4.09. The molecule has 1 aliphatic heterocycles. The van der Waals surface area contributed by atoms with Gasteiger partial charge in [0.25, 0.3) is 0 Å². The Morgan fingerprint density at radius 1 is 1.92 bits per heavy atom. The smallest absolute Gasteiger partial charge is 0.234 e. The van der Waals surface area contributed by atoms with Gasteiger partial charge in [-0.3, -0.25) is 9.69 Å². The van der Waals surface area contributed by atoms with E-state index < -0.39 is 0 Å². The van der Waals surface area contributed by atoms with E-state index in [1.165, 1.54) is 0 Å². The molecule has 0 aliphatic carbocycles. The fraction of sp³-hybridized carbons (Fsp3) is 0.750. The zero-order chi connectivity index (χ0) is 9.14. The molecular formula is C8H13N3O. The van der Waals surface area contributed by atoms with Gasteiger partial charge in [0.05, 0.1) is 18.5 Å². The summed E-state index contributed by atoms with van der Waals surface area (Å²) in [7, 11) is 0. The summed E-state index contributed by atoms with van der Waals surface area (Å²) in [5.74, 6) is -0.272. The number of nitrogens with two attached hydrogens (primary N) is 1. The van der Waals surface area contributed by atoms with Gasteiger partial charge in [-0.2, -0.15) is 5.26 Å².